The van der Waals surface area contributed by atoms with Gasteiger partial charge in [-0.2, -0.15) is 0 Å². The second-order valence-corrected chi connectivity index (χ2v) is 6.29. The maximum Gasteiger partial charge on any atom is 0.240 e. The zero-order valence-corrected chi connectivity index (χ0v) is 11.1. The zero-order valence-electron chi connectivity index (χ0n) is 10.2. The summed E-state index contributed by atoms with van der Waals surface area (Å²) in [7, 11) is -3.44. The van der Waals surface area contributed by atoms with Crippen LogP contribution in [0.5, 0.6) is 0 Å². The maximum atomic E-state index is 12.2. The van der Waals surface area contributed by atoms with Gasteiger partial charge in [-0.25, -0.2) is 13.1 Å². The Hall–Kier alpha value is -1.20. The summed E-state index contributed by atoms with van der Waals surface area (Å²) in [6.07, 6.45) is 3.86. The molecule has 1 aromatic rings. The van der Waals surface area contributed by atoms with Crippen molar-refractivity contribution in [2.45, 2.75) is 42.7 Å². The third-order valence-electron chi connectivity index (χ3n) is 3.32. The molecule has 1 fully saturated rings. The number of nitrogens with zero attached hydrogens (tertiary/aromatic N) is 1. The van der Waals surface area contributed by atoms with Gasteiger partial charge >= 0.3 is 0 Å². The third kappa shape index (κ3) is 2.97. The van der Waals surface area contributed by atoms with Gasteiger partial charge in [-0.1, -0.05) is 31.0 Å². The average molecular weight is 266 g/mol. The van der Waals surface area contributed by atoms with Crippen molar-refractivity contribution in [3.05, 3.63) is 30.3 Å². The molecule has 98 valence electrons. The van der Waals surface area contributed by atoms with Crippen molar-refractivity contribution < 1.29 is 8.42 Å². The molecule has 0 spiro atoms. The first kappa shape index (κ1) is 13.2. The van der Waals surface area contributed by atoms with E-state index in [-0.39, 0.29) is 12.1 Å². The number of benzene rings is 1. The summed E-state index contributed by atoms with van der Waals surface area (Å²) < 4.78 is 27.1. The molecule has 0 bridgehead atoms. The Kier molecular flexibility index (Phi) is 4.14. The van der Waals surface area contributed by atoms with Crippen LogP contribution in [0.4, 0.5) is 0 Å². The van der Waals surface area contributed by atoms with Crippen molar-refractivity contribution in [1.82, 2.24) is 4.72 Å². The number of hydrogen-bond donors (Lipinski definition) is 1. The van der Waals surface area contributed by atoms with Crippen molar-refractivity contribution in [2.24, 2.45) is 4.99 Å². The average Bonchev–Trinajstić information content (AvgIpc) is 2.40. The summed E-state index contributed by atoms with van der Waals surface area (Å²) in [6.45, 7) is 3.55. The fourth-order valence-corrected chi connectivity index (χ4v) is 3.66. The Morgan fingerprint density at radius 2 is 1.83 bits per heavy atom. The Bertz CT molecular complexity index is 499. The van der Waals surface area contributed by atoms with Crippen molar-refractivity contribution >= 4 is 16.7 Å². The molecule has 0 aliphatic heterocycles. The van der Waals surface area contributed by atoms with Crippen LogP contribution in [0.2, 0.25) is 0 Å². The van der Waals surface area contributed by atoms with E-state index in [1.54, 1.807) is 30.3 Å². The summed E-state index contributed by atoms with van der Waals surface area (Å²) in [5.41, 5.74) is 0. The monoisotopic (exact) mass is 266 g/mol. The number of sulfonamides is 1. The molecule has 4 nitrogen and oxygen atoms in total. The normalized spacial score (nSPS) is 24.7. The number of rotatable bonds is 4. The molecule has 1 aliphatic rings. The Balaban J connectivity index is 2.15. The van der Waals surface area contributed by atoms with Gasteiger partial charge in [-0.15, -0.1) is 0 Å². The van der Waals surface area contributed by atoms with Crippen LogP contribution in [-0.2, 0) is 10.0 Å². The van der Waals surface area contributed by atoms with Gasteiger partial charge in [0.15, 0.2) is 0 Å². The van der Waals surface area contributed by atoms with E-state index < -0.39 is 10.0 Å². The van der Waals surface area contributed by atoms with Crippen LogP contribution in [0.1, 0.15) is 25.7 Å². The lowest BCUT2D eigenvalue weighted by Gasteiger charge is -2.28. The molecule has 2 rings (SSSR count). The molecule has 0 aromatic heterocycles. The molecule has 0 heterocycles. The minimum absolute atomic E-state index is 0.00256. The number of hydrogen-bond acceptors (Lipinski definition) is 3. The van der Waals surface area contributed by atoms with Crippen molar-refractivity contribution in [3.8, 4) is 0 Å². The van der Waals surface area contributed by atoms with E-state index in [2.05, 4.69) is 16.4 Å². The maximum absolute atomic E-state index is 12.2. The standard InChI is InChI=1S/C13H18N2O2S/c1-14-12-9-5-6-10-13(12)15-18(16,17)11-7-3-2-4-8-11/h2-4,7-8,12-13,15H,1,5-6,9-10H2/t12-,13-/m1/s1. The Morgan fingerprint density at radius 3 is 2.50 bits per heavy atom. The number of nitrogens with one attached hydrogen (secondary N) is 1. The minimum Gasteiger partial charge on any atom is -0.296 e. The van der Waals surface area contributed by atoms with Gasteiger partial charge in [0.2, 0.25) is 10.0 Å². The van der Waals surface area contributed by atoms with E-state index in [0.717, 1.165) is 25.7 Å². The van der Waals surface area contributed by atoms with E-state index in [4.69, 9.17) is 0 Å². The molecular weight excluding hydrogens is 248 g/mol. The molecular formula is C13H18N2O2S. The lowest BCUT2D eigenvalue weighted by Crippen LogP contribution is -2.44. The van der Waals surface area contributed by atoms with Crippen LogP contribution < -0.4 is 4.72 Å². The largest absolute Gasteiger partial charge is 0.296 e. The van der Waals surface area contributed by atoms with Gasteiger partial charge in [0, 0.05) is 6.04 Å². The van der Waals surface area contributed by atoms with E-state index >= 15 is 0 Å². The second kappa shape index (κ2) is 5.63. The second-order valence-electron chi connectivity index (χ2n) is 4.58. The Morgan fingerprint density at radius 1 is 1.17 bits per heavy atom. The quantitative estimate of drug-likeness (QED) is 0.847. The Labute approximate surface area is 108 Å². The van der Waals surface area contributed by atoms with Crippen LogP contribution in [0.25, 0.3) is 0 Å². The van der Waals surface area contributed by atoms with E-state index in [0.29, 0.717) is 4.90 Å². The lowest BCUT2D eigenvalue weighted by molar-refractivity contribution is 0.364. The van der Waals surface area contributed by atoms with Crippen LogP contribution in [-0.4, -0.2) is 27.2 Å². The van der Waals surface area contributed by atoms with E-state index in [9.17, 15) is 8.42 Å². The van der Waals surface area contributed by atoms with Crippen LogP contribution in [0, 0.1) is 0 Å². The van der Waals surface area contributed by atoms with E-state index in [1.807, 2.05) is 0 Å². The lowest BCUT2D eigenvalue weighted by atomic mass is 9.92. The summed E-state index contributed by atoms with van der Waals surface area (Å²) in [6, 6.07) is 8.31. The first-order valence-electron chi connectivity index (χ1n) is 6.17. The fourth-order valence-electron chi connectivity index (χ4n) is 2.33. The molecule has 18 heavy (non-hydrogen) atoms. The topological polar surface area (TPSA) is 58.5 Å². The minimum atomic E-state index is -3.44. The van der Waals surface area contributed by atoms with Gasteiger partial charge in [0.1, 0.15) is 0 Å². The highest BCUT2D eigenvalue weighted by molar-refractivity contribution is 7.89. The third-order valence-corrected chi connectivity index (χ3v) is 4.83. The van der Waals surface area contributed by atoms with Crippen molar-refractivity contribution in [3.63, 3.8) is 0 Å². The predicted octanol–water partition coefficient (Wildman–Crippen LogP) is 1.98. The molecule has 2 atom stereocenters. The first-order valence-corrected chi connectivity index (χ1v) is 7.65. The van der Waals surface area contributed by atoms with Gasteiger partial charge in [0.05, 0.1) is 10.9 Å². The molecule has 0 radical (unpaired) electrons. The molecule has 0 saturated heterocycles. The van der Waals surface area contributed by atoms with Gasteiger partial charge < -0.3 is 0 Å². The molecule has 1 aromatic carbocycles. The predicted molar refractivity (Wildman–Crippen MR) is 72.4 cm³/mol. The summed E-state index contributed by atoms with van der Waals surface area (Å²) in [5.74, 6) is 0. The summed E-state index contributed by atoms with van der Waals surface area (Å²) in [5, 5.41) is 0. The highest BCUT2D eigenvalue weighted by Gasteiger charge is 2.28. The number of aliphatic imine (C=N–C) groups is 1. The van der Waals surface area contributed by atoms with Crippen LogP contribution in [0.3, 0.4) is 0 Å². The molecule has 5 heteroatoms. The van der Waals surface area contributed by atoms with Gasteiger partial charge in [-0.05, 0) is 31.7 Å². The fraction of sp³-hybridized carbons (Fsp3) is 0.462. The summed E-state index contributed by atoms with van der Waals surface area (Å²) >= 11 is 0. The molecule has 1 aliphatic carbocycles. The molecule has 1 saturated carbocycles. The van der Waals surface area contributed by atoms with Crippen molar-refractivity contribution in [1.29, 1.82) is 0 Å². The first-order chi connectivity index (χ1) is 8.63. The molecule has 0 unspecified atom stereocenters. The van der Waals surface area contributed by atoms with Crippen LogP contribution >= 0.6 is 0 Å². The van der Waals surface area contributed by atoms with E-state index in [1.165, 1.54) is 0 Å². The zero-order chi connectivity index (χ0) is 13.0. The van der Waals surface area contributed by atoms with Crippen molar-refractivity contribution in [2.75, 3.05) is 0 Å². The SMILES string of the molecule is C=N[C@@H]1CCCC[C@H]1NS(=O)(=O)c1ccccc1. The highest BCUT2D eigenvalue weighted by Crippen LogP contribution is 2.22. The highest BCUT2D eigenvalue weighted by atomic mass is 32.2. The van der Waals surface area contributed by atoms with Gasteiger partial charge in [0.25, 0.3) is 0 Å². The van der Waals surface area contributed by atoms with Gasteiger partial charge in [-0.3, -0.25) is 4.99 Å². The molecule has 0 amide bonds. The van der Waals surface area contributed by atoms with Crippen LogP contribution in [0.15, 0.2) is 40.2 Å². The smallest absolute Gasteiger partial charge is 0.240 e. The molecule has 1 N–H and O–H groups in total. The summed E-state index contributed by atoms with van der Waals surface area (Å²) in [4.78, 5) is 4.33.